The first-order valence-electron chi connectivity index (χ1n) is 9.66. The average molecular weight is 358 g/mol. The number of piperazine rings is 1. The number of carbonyl (C=O) groups is 2. The maximum Gasteiger partial charge on any atom is 0.321 e. The highest BCUT2D eigenvalue weighted by Gasteiger charge is 2.28. The molecule has 1 N–H and O–H groups in total. The summed E-state index contributed by atoms with van der Waals surface area (Å²) >= 11 is 0. The monoisotopic (exact) mass is 358 g/mol. The largest absolute Gasteiger partial charge is 0.368 e. The molecular weight excluding hydrogens is 328 g/mol. The maximum atomic E-state index is 12.7. The van der Waals surface area contributed by atoms with Crippen molar-refractivity contribution in [2.45, 2.75) is 32.1 Å². The van der Waals surface area contributed by atoms with E-state index in [2.05, 4.69) is 15.1 Å². The summed E-state index contributed by atoms with van der Waals surface area (Å²) < 4.78 is 0. The molecule has 2 fully saturated rings. The Kier molecular flexibility index (Phi) is 6.01. The fraction of sp³-hybridized carbons (Fsp3) is 0.600. The van der Waals surface area contributed by atoms with E-state index in [9.17, 15) is 9.59 Å². The molecule has 1 saturated carbocycles. The SMILES string of the molecule is CN(C)C(=O)Nc1ccc(N2CCN(C(=O)C3CCCCC3)CC2)cc1. The lowest BCUT2D eigenvalue weighted by molar-refractivity contribution is -0.136. The molecule has 1 heterocycles. The molecule has 0 bridgehead atoms. The minimum absolute atomic E-state index is 0.132. The summed E-state index contributed by atoms with van der Waals surface area (Å²) in [5.41, 5.74) is 1.93. The molecule has 0 atom stereocenters. The van der Waals surface area contributed by atoms with E-state index < -0.39 is 0 Å². The minimum atomic E-state index is -0.132. The molecular formula is C20H30N4O2. The van der Waals surface area contributed by atoms with Crippen molar-refractivity contribution >= 4 is 23.3 Å². The minimum Gasteiger partial charge on any atom is -0.368 e. The van der Waals surface area contributed by atoms with Gasteiger partial charge >= 0.3 is 6.03 Å². The quantitative estimate of drug-likeness (QED) is 0.904. The third-order valence-corrected chi connectivity index (χ3v) is 5.44. The molecule has 1 aliphatic heterocycles. The fourth-order valence-electron chi connectivity index (χ4n) is 3.78. The van der Waals surface area contributed by atoms with E-state index in [0.717, 1.165) is 50.4 Å². The maximum absolute atomic E-state index is 12.7. The van der Waals surface area contributed by atoms with Crippen molar-refractivity contribution in [2.24, 2.45) is 5.92 Å². The van der Waals surface area contributed by atoms with Crippen molar-refractivity contribution in [1.29, 1.82) is 0 Å². The summed E-state index contributed by atoms with van der Waals surface area (Å²) in [6.45, 7) is 3.33. The molecule has 0 unspecified atom stereocenters. The molecule has 1 aromatic carbocycles. The lowest BCUT2D eigenvalue weighted by Crippen LogP contribution is -2.50. The lowest BCUT2D eigenvalue weighted by Gasteiger charge is -2.38. The number of anilines is 2. The molecule has 0 spiro atoms. The Balaban J connectivity index is 1.51. The van der Waals surface area contributed by atoms with E-state index in [1.165, 1.54) is 24.2 Å². The highest BCUT2D eigenvalue weighted by Crippen LogP contribution is 2.26. The fourth-order valence-corrected chi connectivity index (χ4v) is 3.78. The number of urea groups is 1. The number of nitrogens with one attached hydrogen (secondary N) is 1. The highest BCUT2D eigenvalue weighted by atomic mass is 16.2. The normalized spacial score (nSPS) is 18.5. The molecule has 6 nitrogen and oxygen atoms in total. The van der Waals surface area contributed by atoms with Gasteiger partial charge < -0.3 is 20.0 Å². The van der Waals surface area contributed by atoms with Crippen molar-refractivity contribution in [2.75, 3.05) is 50.5 Å². The number of hydrogen-bond donors (Lipinski definition) is 1. The van der Waals surface area contributed by atoms with Crippen LogP contribution in [-0.4, -0.2) is 62.0 Å². The van der Waals surface area contributed by atoms with Crippen molar-refractivity contribution in [1.82, 2.24) is 9.80 Å². The van der Waals surface area contributed by atoms with Crippen LogP contribution in [0.4, 0.5) is 16.2 Å². The summed E-state index contributed by atoms with van der Waals surface area (Å²) in [5, 5.41) is 2.85. The van der Waals surface area contributed by atoms with Gasteiger partial charge in [0.05, 0.1) is 0 Å². The van der Waals surface area contributed by atoms with Crippen LogP contribution in [0.2, 0.25) is 0 Å². The van der Waals surface area contributed by atoms with Crippen LogP contribution in [0.1, 0.15) is 32.1 Å². The van der Waals surface area contributed by atoms with Crippen LogP contribution in [0.25, 0.3) is 0 Å². The number of rotatable bonds is 3. The summed E-state index contributed by atoms with van der Waals surface area (Å²) in [6.07, 6.45) is 5.82. The zero-order chi connectivity index (χ0) is 18.5. The van der Waals surface area contributed by atoms with E-state index in [0.29, 0.717) is 5.91 Å². The third kappa shape index (κ3) is 4.48. The number of benzene rings is 1. The van der Waals surface area contributed by atoms with E-state index in [1.807, 2.05) is 24.3 Å². The number of carbonyl (C=O) groups excluding carboxylic acids is 2. The lowest BCUT2D eigenvalue weighted by atomic mass is 9.88. The summed E-state index contributed by atoms with van der Waals surface area (Å²) in [7, 11) is 3.44. The van der Waals surface area contributed by atoms with E-state index in [1.54, 1.807) is 14.1 Å². The second-order valence-electron chi connectivity index (χ2n) is 7.52. The molecule has 0 radical (unpaired) electrons. The van der Waals surface area contributed by atoms with Crippen molar-refractivity contribution in [3.63, 3.8) is 0 Å². The smallest absolute Gasteiger partial charge is 0.321 e. The van der Waals surface area contributed by atoms with Crippen LogP contribution < -0.4 is 10.2 Å². The van der Waals surface area contributed by atoms with Gasteiger partial charge in [0.2, 0.25) is 5.91 Å². The standard InChI is InChI=1S/C20H30N4O2/c1-22(2)20(26)21-17-8-10-18(11-9-17)23-12-14-24(15-13-23)19(25)16-6-4-3-5-7-16/h8-11,16H,3-7,12-15H2,1-2H3,(H,21,26). The summed E-state index contributed by atoms with van der Waals surface area (Å²) in [4.78, 5) is 30.2. The van der Waals surface area contributed by atoms with Gasteiger partial charge in [-0.2, -0.15) is 0 Å². The molecule has 3 rings (SSSR count). The van der Waals surface area contributed by atoms with E-state index in [4.69, 9.17) is 0 Å². The Labute approximate surface area is 156 Å². The Morgan fingerprint density at radius 1 is 0.962 bits per heavy atom. The molecule has 6 heteroatoms. The molecule has 0 aromatic heterocycles. The van der Waals surface area contributed by atoms with Crippen LogP contribution in [0, 0.1) is 5.92 Å². The second kappa shape index (κ2) is 8.43. The molecule has 1 saturated heterocycles. The summed E-state index contributed by atoms with van der Waals surface area (Å²) in [5.74, 6) is 0.626. The van der Waals surface area contributed by atoms with Gasteiger partial charge in [0.1, 0.15) is 0 Å². The van der Waals surface area contributed by atoms with E-state index >= 15 is 0 Å². The molecule has 3 amide bonds. The zero-order valence-corrected chi connectivity index (χ0v) is 15.9. The van der Waals surface area contributed by atoms with Gasteiger partial charge in [-0.1, -0.05) is 19.3 Å². The zero-order valence-electron chi connectivity index (χ0n) is 15.9. The van der Waals surface area contributed by atoms with Crippen LogP contribution in [0.15, 0.2) is 24.3 Å². The Bertz CT molecular complexity index is 615. The van der Waals surface area contributed by atoms with Crippen LogP contribution in [0.5, 0.6) is 0 Å². The number of nitrogens with zero attached hydrogens (tertiary/aromatic N) is 3. The third-order valence-electron chi connectivity index (χ3n) is 5.44. The predicted molar refractivity (Wildman–Crippen MR) is 105 cm³/mol. The van der Waals surface area contributed by atoms with Gasteiger partial charge in [0.15, 0.2) is 0 Å². The Hall–Kier alpha value is -2.24. The van der Waals surface area contributed by atoms with Gasteiger partial charge in [0, 0.05) is 57.6 Å². The Morgan fingerprint density at radius 2 is 1.58 bits per heavy atom. The first kappa shape index (κ1) is 18.5. The van der Waals surface area contributed by atoms with Crippen molar-refractivity contribution < 1.29 is 9.59 Å². The van der Waals surface area contributed by atoms with Crippen LogP contribution in [0.3, 0.4) is 0 Å². The molecule has 142 valence electrons. The second-order valence-corrected chi connectivity index (χ2v) is 7.52. The number of hydrogen-bond acceptors (Lipinski definition) is 3. The van der Waals surface area contributed by atoms with Crippen LogP contribution >= 0.6 is 0 Å². The van der Waals surface area contributed by atoms with Gasteiger partial charge in [0.25, 0.3) is 0 Å². The Morgan fingerprint density at radius 3 is 2.15 bits per heavy atom. The van der Waals surface area contributed by atoms with Gasteiger partial charge in [-0.3, -0.25) is 4.79 Å². The van der Waals surface area contributed by atoms with E-state index in [-0.39, 0.29) is 11.9 Å². The molecule has 2 aliphatic rings. The predicted octanol–water partition coefficient (Wildman–Crippen LogP) is 3.01. The van der Waals surface area contributed by atoms with Gasteiger partial charge in [-0.05, 0) is 37.1 Å². The molecule has 1 aromatic rings. The topological polar surface area (TPSA) is 55.9 Å². The highest BCUT2D eigenvalue weighted by molar-refractivity contribution is 5.89. The van der Waals surface area contributed by atoms with Crippen molar-refractivity contribution in [3.05, 3.63) is 24.3 Å². The molecule has 26 heavy (non-hydrogen) atoms. The number of amides is 3. The average Bonchev–Trinajstić information content (AvgIpc) is 2.69. The van der Waals surface area contributed by atoms with Crippen LogP contribution in [-0.2, 0) is 4.79 Å². The van der Waals surface area contributed by atoms with Gasteiger partial charge in [-0.15, -0.1) is 0 Å². The molecule has 1 aliphatic carbocycles. The first-order valence-corrected chi connectivity index (χ1v) is 9.66. The summed E-state index contributed by atoms with van der Waals surface area (Å²) in [6, 6.07) is 7.79. The van der Waals surface area contributed by atoms with Gasteiger partial charge in [-0.25, -0.2) is 4.79 Å². The van der Waals surface area contributed by atoms with Crippen molar-refractivity contribution in [3.8, 4) is 0 Å². The first-order chi connectivity index (χ1) is 12.5.